The van der Waals surface area contributed by atoms with Gasteiger partial charge in [-0.1, -0.05) is 19.4 Å². The van der Waals surface area contributed by atoms with Crippen molar-refractivity contribution in [3.63, 3.8) is 0 Å². The first kappa shape index (κ1) is 14.0. The predicted octanol–water partition coefficient (Wildman–Crippen LogP) is 2.84. The Bertz CT molecular complexity index is 446. The third-order valence-corrected chi connectivity index (χ3v) is 4.94. The SMILES string of the molecule is CCC1CN2CCCCC2CN1Cc1cccc(C)n1. The van der Waals surface area contributed by atoms with E-state index in [9.17, 15) is 0 Å². The van der Waals surface area contributed by atoms with Crippen LogP contribution in [0.5, 0.6) is 0 Å². The second-order valence-corrected chi connectivity index (χ2v) is 6.41. The monoisotopic (exact) mass is 273 g/mol. The normalized spacial score (nSPS) is 28.3. The molecule has 2 aliphatic rings. The average molecular weight is 273 g/mol. The number of nitrogens with zero attached hydrogens (tertiary/aromatic N) is 3. The van der Waals surface area contributed by atoms with E-state index in [2.05, 4.69) is 46.8 Å². The lowest BCUT2D eigenvalue weighted by Gasteiger charge is -2.48. The van der Waals surface area contributed by atoms with E-state index in [1.54, 1.807) is 0 Å². The van der Waals surface area contributed by atoms with Crippen LogP contribution < -0.4 is 0 Å². The van der Waals surface area contributed by atoms with Crippen molar-refractivity contribution in [1.82, 2.24) is 14.8 Å². The Morgan fingerprint density at radius 3 is 2.95 bits per heavy atom. The van der Waals surface area contributed by atoms with Crippen LogP contribution in [0.25, 0.3) is 0 Å². The highest BCUT2D eigenvalue weighted by Crippen LogP contribution is 2.26. The number of aromatic nitrogens is 1. The summed E-state index contributed by atoms with van der Waals surface area (Å²) in [6, 6.07) is 7.88. The Kier molecular flexibility index (Phi) is 4.37. The smallest absolute Gasteiger partial charge is 0.0547 e. The van der Waals surface area contributed by atoms with Gasteiger partial charge in [-0.15, -0.1) is 0 Å². The van der Waals surface area contributed by atoms with Crippen LogP contribution >= 0.6 is 0 Å². The van der Waals surface area contributed by atoms with Crippen LogP contribution in [-0.4, -0.2) is 46.5 Å². The van der Waals surface area contributed by atoms with Crippen molar-refractivity contribution >= 4 is 0 Å². The van der Waals surface area contributed by atoms with Crippen LogP contribution in [0.4, 0.5) is 0 Å². The fraction of sp³-hybridized carbons (Fsp3) is 0.706. The van der Waals surface area contributed by atoms with Crippen molar-refractivity contribution in [3.05, 3.63) is 29.6 Å². The van der Waals surface area contributed by atoms with Crippen LogP contribution in [0.2, 0.25) is 0 Å². The van der Waals surface area contributed by atoms with E-state index in [0.29, 0.717) is 6.04 Å². The molecule has 0 amide bonds. The lowest BCUT2D eigenvalue weighted by atomic mass is 9.95. The molecule has 20 heavy (non-hydrogen) atoms. The Morgan fingerprint density at radius 2 is 2.15 bits per heavy atom. The van der Waals surface area contributed by atoms with E-state index in [-0.39, 0.29) is 0 Å². The fourth-order valence-electron chi connectivity index (χ4n) is 3.79. The van der Waals surface area contributed by atoms with Gasteiger partial charge in [-0.05, 0) is 44.9 Å². The standard InChI is InChI=1S/C17H27N3/c1-3-16-12-19-10-5-4-9-17(19)13-20(16)11-15-8-6-7-14(2)18-15/h6-8,16-17H,3-5,9-13H2,1-2H3. The van der Waals surface area contributed by atoms with Crippen molar-refractivity contribution < 1.29 is 0 Å². The van der Waals surface area contributed by atoms with Gasteiger partial charge in [-0.3, -0.25) is 14.8 Å². The van der Waals surface area contributed by atoms with E-state index >= 15 is 0 Å². The summed E-state index contributed by atoms with van der Waals surface area (Å²) in [6.45, 7) is 9.23. The van der Waals surface area contributed by atoms with E-state index in [1.807, 2.05) is 0 Å². The summed E-state index contributed by atoms with van der Waals surface area (Å²) in [5.41, 5.74) is 2.36. The number of pyridine rings is 1. The van der Waals surface area contributed by atoms with Crippen LogP contribution in [0.1, 0.15) is 44.0 Å². The molecular weight excluding hydrogens is 246 g/mol. The highest BCUT2D eigenvalue weighted by atomic mass is 15.3. The molecular formula is C17H27N3. The molecule has 3 nitrogen and oxygen atoms in total. The molecule has 2 aliphatic heterocycles. The Balaban J connectivity index is 1.70. The fourth-order valence-corrected chi connectivity index (χ4v) is 3.79. The average Bonchev–Trinajstić information content (AvgIpc) is 2.46. The number of piperazine rings is 1. The molecule has 2 unspecified atom stereocenters. The summed E-state index contributed by atoms with van der Waals surface area (Å²) in [5, 5.41) is 0. The van der Waals surface area contributed by atoms with E-state index < -0.39 is 0 Å². The molecule has 110 valence electrons. The summed E-state index contributed by atoms with van der Waals surface area (Å²) < 4.78 is 0. The third kappa shape index (κ3) is 3.04. The maximum Gasteiger partial charge on any atom is 0.0547 e. The maximum atomic E-state index is 4.68. The molecule has 1 aromatic heterocycles. The van der Waals surface area contributed by atoms with Crippen LogP contribution in [0.3, 0.4) is 0 Å². The molecule has 0 N–H and O–H groups in total. The van der Waals surface area contributed by atoms with Crippen molar-refractivity contribution in [2.45, 2.75) is 58.2 Å². The third-order valence-electron chi connectivity index (χ3n) is 4.94. The molecule has 0 radical (unpaired) electrons. The number of hydrogen-bond donors (Lipinski definition) is 0. The molecule has 3 heterocycles. The van der Waals surface area contributed by atoms with Gasteiger partial charge in [-0.2, -0.15) is 0 Å². The Labute approximate surface area is 123 Å². The molecule has 2 fully saturated rings. The highest BCUT2D eigenvalue weighted by Gasteiger charge is 2.34. The summed E-state index contributed by atoms with van der Waals surface area (Å²) >= 11 is 0. The van der Waals surface area contributed by atoms with Gasteiger partial charge in [-0.25, -0.2) is 0 Å². The van der Waals surface area contributed by atoms with Crippen molar-refractivity contribution in [2.24, 2.45) is 0 Å². The molecule has 1 aromatic rings. The van der Waals surface area contributed by atoms with Gasteiger partial charge in [0.2, 0.25) is 0 Å². The summed E-state index contributed by atoms with van der Waals surface area (Å²) in [7, 11) is 0. The van der Waals surface area contributed by atoms with Crippen molar-refractivity contribution in [2.75, 3.05) is 19.6 Å². The Hall–Kier alpha value is -0.930. The number of rotatable bonds is 3. The molecule has 2 atom stereocenters. The second kappa shape index (κ2) is 6.23. The first-order valence-electron chi connectivity index (χ1n) is 8.17. The Morgan fingerprint density at radius 1 is 1.25 bits per heavy atom. The second-order valence-electron chi connectivity index (χ2n) is 6.41. The van der Waals surface area contributed by atoms with Crippen LogP contribution in [0.15, 0.2) is 18.2 Å². The zero-order valence-electron chi connectivity index (χ0n) is 12.9. The molecule has 0 aromatic carbocycles. The predicted molar refractivity (Wildman–Crippen MR) is 82.7 cm³/mol. The van der Waals surface area contributed by atoms with E-state index in [0.717, 1.165) is 18.3 Å². The first-order chi connectivity index (χ1) is 9.76. The molecule has 3 heteroatoms. The maximum absolute atomic E-state index is 4.68. The largest absolute Gasteiger partial charge is 0.298 e. The minimum absolute atomic E-state index is 0.701. The molecule has 3 rings (SSSR count). The lowest BCUT2D eigenvalue weighted by Crippen LogP contribution is -2.59. The van der Waals surface area contributed by atoms with E-state index in [1.165, 1.54) is 51.0 Å². The lowest BCUT2D eigenvalue weighted by molar-refractivity contribution is 0.00268. The highest BCUT2D eigenvalue weighted by molar-refractivity contribution is 5.10. The number of aryl methyl sites for hydroxylation is 1. The number of fused-ring (bicyclic) bond motifs is 1. The van der Waals surface area contributed by atoms with Gasteiger partial charge in [0.05, 0.1) is 5.69 Å². The van der Waals surface area contributed by atoms with Crippen LogP contribution in [-0.2, 0) is 6.54 Å². The summed E-state index contributed by atoms with van der Waals surface area (Å²) in [5.74, 6) is 0. The minimum atomic E-state index is 0.701. The quantitative estimate of drug-likeness (QED) is 0.844. The van der Waals surface area contributed by atoms with E-state index in [4.69, 9.17) is 0 Å². The van der Waals surface area contributed by atoms with Gasteiger partial charge >= 0.3 is 0 Å². The zero-order valence-corrected chi connectivity index (χ0v) is 12.9. The number of piperidine rings is 1. The summed E-state index contributed by atoms with van der Waals surface area (Å²) in [6.07, 6.45) is 5.43. The molecule has 2 saturated heterocycles. The van der Waals surface area contributed by atoms with Gasteiger partial charge in [0.15, 0.2) is 0 Å². The molecule has 0 aliphatic carbocycles. The van der Waals surface area contributed by atoms with Crippen LogP contribution in [0, 0.1) is 6.92 Å². The summed E-state index contributed by atoms with van der Waals surface area (Å²) in [4.78, 5) is 10.1. The minimum Gasteiger partial charge on any atom is -0.298 e. The van der Waals surface area contributed by atoms with Gasteiger partial charge in [0.25, 0.3) is 0 Å². The first-order valence-corrected chi connectivity index (χ1v) is 8.17. The van der Waals surface area contributed by atoms with Gasteiger partial charge < -0.3 is 0 Å². The van der Waals surface area contributed by atoms with Gasteiger partial charge in [0, 0.05) is 37.4 Å². The molecule has 0 saturated carbocycles. The van der Waals surface area contributed by atoms with Gasteiger partial charge in [0.1, 0.15) is 0 Å². The van der Waals surface area contributed by atoms with Crippen molar-refractivity contribution in [1.29, 1.82) is 0 Å². The molecule has 0 bridgehead atoms. The molecule has 0 spiro atoms. The topological polar surface area (TPSA) is 19.4 Å². The number of hydrogen-bond acceptors (Lipinski definition) is 3. The van der Waals surface area contributed by atoms with Crippen molar-refractivity contribution in [3.8, 4) is 0 Å². The zero-order chi connectivity index (χ0) is 13.9.